The van der Waals surface area contributed by atoms with E-state index in [1.807, 2.05) is 6.92 Å². The smallest absolute Gasteiger partial charge is 0.358 e. The summed E-state index contributed by atoms with van der Waals surface area (Å²) in [5.74, 6) is -0.590. The molecule has 0 amide bonds. The molecule has 1 heterocycles. The average Bonchev–Trinajstić information content (AvgIpc) is 2.73. The SMILES string of the molecule is CCc1c(C(=O)O)noc1-c1ccc(Cl)cc1. The Labute approximate surface area is 103 Å². The van der Waals surface area contributed by atoms with Gasteiger partial charge in [-0.2, -0.15) is 0 Å². The zero-order valence-corrected chi connectivity index (χ0v) is 9.86. The van der Waals surface area contributed by atoms with Crippen molar-refractivity contribution in [3.05, 3.63) is 40.5 Å². The molecular weight excluding hydrogens is 242 g/mol. The molecule has 0 radical (unpaired) electrons. The van der Waals surface area contributed by atoms with Gasteiger partial charge in [0, 0.05) is 16.1 Å². The Balaban J connectivity index is 2.52. The van der Waals surface area contributed by atoms with Crippen LogP contribution in [0.4, 0.5) is 0 Å². The number of rotatable bonds is 3. The monoisotopic (exact) mass is 251 g/mol. The normalized spacial score (nSPS) is 10.5. The van der Waals surface area contributed by atoms with Gasteiger partial charge >= 0.3 is 5.97 Å². The van der Waals surface area contributed by atoms with Crippen LogP contribution in [0.2, 0.25) is 5.02 Å². The highest BCUT2D eigenvalue weighted by molar-refractivity contribution is 6.30. The molecule has 4 nitrogen and oxygen atoms in total. The van der Waals surface area contributed by atoms with E-state index in [4.69, 9.17) is 21.2 Å². The quantitative estimate of drug-likeness (QED) is 0.909. The predicted octanol–water partition coefficient (Wildman–Crippen LogP) is 3.26. The Morgan fingerprint density at radius 2 is 2.06 bits per heavy atom. The van der Waals surface area contributed by atoms with E-state index in [9.17, 15) is 4.79 Å². The van der Waals surface area contributed by atoms with Crippen molar-refractivity contribution < 1.29 is 14.4 Å². The number of aromatic carboxylic acids is 1. The zero-order valence-electron chi connectivity index (χ0n) is 9.11. The lowest BCUT2D eigenvalue weighted by Crippen LogP contribution is -2.00. The van der Waals surface area contributed by atoms with Crippen molar-refractivity contribution in [2.45, 2.75) is 13.3 Å². The van der Waals surface area contributed by atoms with E-state index in [0.29, 0.717) is 22.8 Å². The Morgan fingerprint density at radius 3 is 2.59 bits per heavy atom. The van der Waals surface area contributed by atoms with E-state index in [1.54, 1.807) is 24.3 Å². The molecule has 2 aromatic rings. The molecule has 0 spiro atoms. The molecule has 2 rings (SSSR count). The first kappa shape index (κ1) is 11.7. The van der Waals surface area contributed by atoms with E-state index in [-0.39, 0.29) is 5.69 Å². The van der Waals surface area contributed by atoms with Crippen molar-refractivity contribution in [2.24, 2.45) is 0 Å². The summed E-state index contributed by atoms with van der Waals surface area (Å²) in [7, 11) is 0. The van der Waals surface area contributed by atoms with Gasteiger partial charge in [-0.25, -0.2) is 4.79 Å². The van der Waals surface area contributed by atoms with Crippen LogP contribution >= 0.6 is 11.6 Å². The number of benzene rings is 1. The summed E-state index contributed by atoms with van der Waals surface area (Å²) in [6.07, 6.45) is 0.545. The van der Waals surface area contributed by atoms with Gasteiger partial charge in [0.1, 0.15) is 0 Å². The minimum atomic E-state index is -1.08. The highest BCUT2D eigenvalue weighted by Crippen LogP contribution is 2.27. The molecule has 0 unspecified atom stereocenters. The van der Waals surface area contributed by atoms with Gasteiger partial charge in [-0.05, 0) is 30.7 Å². The third kappa shape index (κ3) is 2.17. The van der Waals surface area contributed by atoms with Crippen LogP contribution in [0.1, 0.15) is 23.0 Å². The summed E-state index contributed by atoms with van der Waals surface area (Å²) in [5.41, 5.74) is 1.34. The Morgan fingerprint density at radius 1 is 1.41 bits per heavy atom. The first-order valence-electron chi connectivity index (χ1n) is 5.11. The highest BCUT2D eigenvalue weighted by Gasteiger charge is 2.20. The lowest BCUT2D eigenvalue weighted by atomic mass is 10.0. The van der Waals surface area contributed by atoms with Crippen LogP contribution < -0.4 is 0 Å². The minimum absolute atomic E-state index is 0.0301. The van der Waals surface area contributed by atoms with Gasteiger partial charge in [-0.3, -0.25) is 0 Å². The van der Waals surface area contributed by atoms with Crippen LogP contribution in [0.5, 0.6) is 0 Å². The summed E-state index contributed by atoms with van der Waals surface area (Å²) in [6, 6.07) is 6.99. The topological polar surface area (TPSA) is 63.3 Å². The number of hydrogen-bond donors (Lipinski definition) is 1. The second-order valence-electron chi connectivity index (χ2n) is 3.50. The van der Waals surface area contributed by atoms with Crippen LogP contribution in [0, 0.1) is 0 Å². The molecule has 0 atom stereocenters. The summed E-state index contributed by atoms with van der Waals surface area (Å²) in [6.45, 7) is 1.86. The van der Waals surface area contributed by atoms with Gasteiger partial charge in [0.2, 0.25) is 0 Å². The molecule has 0 aliphatic rings. The molecule has 5 heteroatoms. The standard InChI is InChI=1S/C12H10ClNO3/c1-2-9-10(12(15)16)14-17-11(9)7-3-5-8(13)6-4-7/h3-6H,2H2,1H3,(H,15,16). The number of aromatic nitrogens is 1. The van der Waals surface area contributed by atoms with Gasteiger partial charge < -0.3 is 9.63 Å². The Bertz CT molecular complexity index is 545. The van der Waals surface area contributed by atoms with Crippen LogP contribution in [0.15, 0.2) is 28.8 Å². The van der Waals surface area contributed by atoms with E-state index in [1.165, 1.54) is 0 Å². The molecule has 0 aliphatic carbocycles. The number of hydrogen-bond acceptors (Lipinski definition) is 3. The highest BCUT2D eigenvalue weighted by atomic mass is 35.5. The zero-order chi connectivity index (χ0) is 12.4. The van der Waals surface area contributed by atoms with Crippen molar-refractivity contribution in [1.82, 2.24) is 5.16 Å². The van der Waals surface area contributed by atoms with Gasteiger partial charge in [0.25, 0.3) is 0 Å². The van der Waals surface area contributed by atoms with Crippen molar-refractivity contribution in [3.8, 4) is 11.3 Å². The number of carboxylic acid groups (broad SMARTS) is 1. The van der Waals surface area contributed by atoms with Crippen molar-refractivity contribution in [1.29, 1.82) is 0 Å². The second kappa shape index (κ2) is 4.59. The first-order chi connectivity index (χ1) is 8.13. The maximum atomic E-state index is 10.9. The maximum Gasteiger partial charge on any atom is 0.358 e. The molecular formula is C12H10ClNO3. The van der Waals surface area contributed by atoms with Crippen LogP contribution in [-0.2, 0) is 6.42 Å². The van der Waals surface area contributed by atoms with E-state index >= 15 is 0 Å². The molecule has 1 N–H and O–H groups in total. The van der Waals surface area contributed by atoms with Gasteiger partial charge in [0.05, 0.1) is 0 Å². The van der Waals surface area contributed by atoms with E-state index < -0.39 is 5.97 Å². The fourth-order valence-corrected chi connectivity index (χ4v) is 1.76. The average molecular weight is 252 g/mol. The number of carboxylic acids is 1. The van der Waals surface area contributed by atoms with E-state index in [2.05, 4.69) is 5.16 Å². The van der Waals surface area contributed by atoms with Gasteiger partial charge in [-0.1, -0.05) is 23.7 Å². The third-order valence-corrected chi connectivity index (χ3v) is 2.70. The van der Waals surface area contributed by atoms with Crippen molar-refractivity contribution in [3.63, 3.8) is 0 Å². The summed E-state index contributed by atoms with van der Waals surface area (Å²) in [4.78, 5) is 10.9. The van der Waals surface area contributed by atoms with Crippen LogP contribution in [0.25, 0.3) is 11.3 Å². The number of nitrogens with zero attached hydrogens (tertiary/aromatic N) is 1. The Hall–Kier alpha value is -1.81. The minimum Gasteiger partial charge on any atom is -0.476 e. The predicted molar refractivity (Wildman–Crippen MR) is 63.3 cm³/mol. The molecule has 0 fully saturated rings. The summed E-state index contributed by atoms with van der Waals surface area (Å²) in [5, 5.41) is 13.2. The fraction of sp³-hybridized carbons (Fsp3) is 0.167. The molecule has 1 aromatic heterocycles. The van der Waals surface area contributed by atoms with Gasteiger partial charge in [-0.15, -0.1) is 0 Å². The second-order valence-corrected chi connectivity index (χ2v) is 3.94. The molecule has 17 heavy (non-hydrogen) atoms. The van der Waals surface area contributed by atoms with Crippen molar-refractivity contribution in [2.75, 3.05) is 0 Å². The molecule has 0 saturated heterocycles. The third-order valence-electron chi connectivity index (χ3n) is 2.45. The molecule has 0 aliphatic heterocycles. The first-order valence-corrected chi connectivity index (χ1v) is 5.49. The number of halogens is 1. The fourth-order valence-electron chi connectivity index (χ4n) is 1.63. The summed E-state index contributed by atoms with van der Waals surface area (Å²) < 4.78 is 5.10. The molecule has 1 aromatic carbocycles. The summed E-state index contributed by atoms with van der Waals surface area (Å²) >= 11 is 5.79. The molecule has 0 bridgehead atoms. The van der Waals surface area contributed by atoms with Crippen LogP contribution in [-0.4, -0.2) is 16.2 Å². The van der Waals surface area contributed by atoms with Gasteiger partial charge in [0.15, 0.2) is 11.5 Å². The van der Waals surface area contributed by atoms with E-state index in [0.717, 1.165) is 5.56 Å². The maximum absolute atomic E-state index is 10.9. The van der Waals surface area contributed by atoms with Crippen LogP contribution in [0.3, 0.4) is 0 Å². The largest absolute Gasteiger partial charge is 0.476 e. The lowest BCUT2D eigenvalue weighted by Gasteiger charge is -1.99. The Kier molecular flexibility index (Phi) is 3.15. The molecule has 0 saturated carbocycles. The van der Waals surface area contributed by atoms with Crippen molar-refractivity contribution >= 4 is 17.6 Å². The number of carbonyl (C=O) groups is 1. The molecule has 88 valence electrons. The lowest BCUT2D eigenvalue weighted by molar-refractivity contribution is 0.0685.